The fourth-order valence-electron chi connectivity index (χ4n) is 1.49. The van der Waals surface area contributed by atoms with Crippen molar-refractivity contribution >= 4 is 23.7 Å². The summed E-state index contributed by atoms with van der Waals surface area (Å²) in [5.41, 5.74) is -2.17. The molecule has 8 heteroatoms. The van der Waals surface area contributed by atoms with Gasteiger partial charge in [0.2, 0.25) is 5.78 Å². The zero-order valence-electron chi connectivity index (χ0n) is 10.3. The molecule has 0 saturated heterocycles. The van der Waals surface area contributed by atoms with Crippen LogP contribution in [0.4, 0.5) is 0 Å². The van der Waals surface area contributed by atoms with E-state index in [1.165, 1.54) is 0 Å². The minimum absolute atomic E-state index is 0.677. The van der Waals surface area contributed by atoms with E-state index < -0.39 is 46.2 Å². The molecule has 1 aliphatic carbocycles. The van der Waals surface area contributed by atoms with Crippen molar-refractivity contribution in [3.8, 4) is 0 Å². The molecule has 19 heavy (non-hydrogen) atoms. The van der Waals surface area contributed by atoms with E-state index in [0.29, 0.717) is 0 Å². The number of Topliss-reactive ketones (excluding diaryl/α,β-unsaturated/α-hetero) is 1. The van der Waals surface area contributed by atoms with E-state index in [1.807, 2.05) is 0 Å². The van der Waals surface area contributed by atoms with Gasteiger partial charge in [0.25, 0.3) is 0 Å². The highest BCUT2D eigenvalue weighted by Crippen LogP contribution is 2.30. The molecule has 0 unspecified atom stereocenters. The minimum atomic E-state index is -1.20. The van der Waals surface area contributed by atoms with Crippen molar-refractivity contribution in [3.05, 3.63) is 22.5 Å². The van der Waals surface area contributed by atoms with Crippen LogP contribution in [0, 0.1) is 0 Å². The summed E-state index contributed by atoms with van der Waals surface area (Å²) >= 11 is 0. The number of ether oxygens (including phenoxy) is 3. The predicted molar refractivity (Wildman–Crippen MR) is 57.7 cm³/mol. The maximum Gasteiger partial charge on any atom is 0.342 e. The van der Waals surface area contributed by atoms with Crippen LogP contribution in [0.2, 0.25) is 0 Å². The number of hydrogen-bond donors (Lipinski definition) is 1. The van der Waals surface area contributed by atoms with Crippen LogP contribution in [0.5, 0.6) is 0 Å². The number of rotatable bonds is 3. The molecule has 0 atom stereocenters. The van der Waals surface area contributed by atoms with Gasteiger partial charge >= 0.3 is 17.9 Å². The number of carbonyl (C=O) groups is 4. The molecular weight excluding hydrogens is 260 g/mol. The summed E-state index contributed by atoms with van der Waals surface area (Å²) in [5.74, 6) is -5.72. The highest BCUT2D eigenvalue weighted by molar-refractivity contribution is 6.34. The van der Waals surface area contributed by atoms with Crippen LogP contribution in [-0.4, -0.2) is 50.1 Å². The zero-order chi connectivity index (χ0) is 14.7. The maximum absolute atomic E-state index is 11.7. The molecule has 0 radical (unpaired) electrons. The van der Waals surface area contributed by atoms with Gasteiger partial charge in [0.1, 0.15) is 11.1 Å². The molecule has 1 N–H and O–H groups in total. The number of ketones is 1. The largest absolute Gasteiger partial charge is 0.503 e. The molecule has 0 aliphatic heterocycles. The van der Waals surface area contributed by atoms with Crippen LogP contribution in [0.3, 0.4) is 0 Å². The van der Waals surface area contributed by atoms with Gasteiger partial charge in [-0.2, -0.15) is 0 Å². The van der Waals surface area contributed by atoms with E-state index in [-0.39, 0.29) is 0 Å². The van der Waals surface area contributed by atoms with E-state index in [2.05, 4.69) is 14.2 Å². The normalized spacial score (nSPS) is 14.6. The van der Waals surface area contributed by atoms with Gasteiger partial charge in [-0.3, -0.25) is 4.79 Å². The van der Waals surface area contributed by atoms with Crippen molar-refractivity contribution < 1.29 is 38.5 Å². The third-order valence-corrected chi connectivity index (χ3v) is 2.35. The first kappa shape index (κ1) is 14.4. The van der Waals surface area contributed by atoms with Gasteiger partial charge in [0.15, 0.2) is 5.76 Å². The number of carbonyl (C=O) groups excluding carboxylic acids is 4. The molecule has 0 amide bonds. The third-order valence-electron chi connectivity index (χ3n) is 2.35. The maximum atomic E-state index is 11.7. The van der Waals surface area contributed by atoms with Crippen LogP contribution in [0.1, 0.15) is 0 Å². The van der Waals surface area contributed by atoms with Gasteiger partial charge in [-0.1, -0.05) is 0 Å². The fraction of sp³-hybridized carbons (Fsp3) is 0.273. The zero-order valence-corrected chi connectivity index (χ0v) is 10.3. The lowest BCUT2D eigenvalue weighted by Crippen LogP contribution is -2.18. The second-order valence-electron chi connectivity index (χ2n) is 3.28. The third kappa shape index (κ3) is 2.19. The topological polar surface area (TPSA) is 116 Å². The van der Waals surface area contributed by atoms with Crippen LogP contribution >= 0.6 is 0 Å². The molecule has 0 aromatic heterocycles. The first-order chi connectivity index (χ1) is 8.90. The first-order valence-electron chi connectivity index (χ1n) is 4.88. The van der Waals surface area contributed by atoms with Gasteiger partial charge in [0, 0.05) is 0 Å². The molecule has 8 nitrogen and oxygen atoms in total. The van der Waals surface area contributed by atoms with E-state index in [0.717, 1.165) is 21.3 Å². The van der Waals surface area contributed by atoms with Crippen LogP contribution in [0.15, 0.2) is 22.5 Å². The Labute approximate surface area is 107 Å². The van der Waals surface area contributed by atoms with Crippen molar-refractivity contribution in [1.29, 1.82) is 0 Å². The van der Waals surface area contributed by atoms with Crippen LogP contribution < -0.4 is 0 Å². The predicted octanol–water partition coefficient (Wildman–Crippen LogP) is -0.803. The quantitative estimate of drug-likeness (QED) is 0.402. The number of esters is 3. The molecule has 0 aromatic carbocycles. The second-order valence-corrected chi connectivity index (χ2v) is 3.28. The summed E-state index contributed by atoms with van der Waals surface area (Å²) in [4.78, 5) is 46.2. The summed E-state index contributed by atoms with van der Waals surface area (Å²) in [7, 11) is 2.95. The lowest BCUT2D eigenvalue weighted by Gasteiger charge is -2.05. The summed E-state index contributed by atoms with van der Waals surface area (Å²) in [5, 5.41) is 9.56. The Balaban J connectivity index is 3.55. The molecule has 0 bridgehead atoms. The molecule has 1 aliphatic rings. The Morgan fingerprint density at radius 2 is 1.16 bits per heavy atom. The average molecular weight is 270 g/mol. The van der Waals surface area contributed by atoms with E-state index >= 15 is 0 Å². The Hall–Kier alpha value is -2.64. The van der Waals surface area contributed by atoms with Crippen molar-refractivity contribution in [2.24, 2.45) is 0 Å². The van der Waals surface area contributed by atoms with Gasteiger partial charge in [-0.05, 0) is 0 Å². The molecule has 0 aromatic rings. The smallest absolute Gasteiger partial charge is 0.342 e. The molecule has 1 rings (SSSR count). The molecule has 0 spiro atoms. The molecule has 0 fully saturated rings. The van der Waals surface area contributed by atoms with Gasteiger partial charge in [-0.15, -0.1) is 0 Å². The number of hydrogen-bond acceptors (Lipinski definition) is 8. The molecule has 102 valence electrons. The Kier molecular flexibility index (Phi) is 4.05. The van der Waals surface area contributed by atoms with Crippen LogP contribution in [0.25, 0.3) is 0 Å². The van der Waals surface area contributed by atoms with Crippen molar-refractivity contribution in [2.45, 2.75) is 0 Å². The summed E-state index contributed by atoms with van der Waals surface area (Å²) in [6.45, 7) is 0. The Bertz CT molecular complexity index is 537. The Morgan fingerprint density at radius 1 is 0.789 bits per heavy atom. The lowest BCUT2D eigenvalue weighted by atomic mass is 10.1. The Morgan fingerprint density at radius 3 is 1.58 bits per heavy atom. The second kappa shape index (κ2) is 5.34. The number of allylic oxidation sites excluding steroid dienone is 1. The highest BCUT2D eigenvalue weighted by Gasteiger charge is 2.44. The van der Waals surface area contributed by atoms with Crippen molar-refractivity contribution in [2.75, 3.05) is 21.3 Å². The highest BCUT2D eigenvalue weighted by atomic mass is 16.5. The van der Waals surface area contributed by atoms with Gasteiger partial charge in [-0.25, -0.2) is 14.4 Å². The minimum Gasteiger partial charge on any atom is -0.503 e. The van der Waals surface area contributed by atoms with E-state index in [9.17, 15) is 24.3 Å². The lowest BCUT2D eigenvalue weighted by molar-refractivity contribution is -0.140. The number of aliphatic hydroxyl groups is 1. The summed E-state index contributed by atoms with van der Waals surface area (Å²) in [6, 6.07) is 0. The fourth-order valence-corrected chi connectivity index (χ4v) is 1.49. The molecule has 0 saturated carbocycles. The SMILES string of the molecule is COC(=O)C1=C(O)C(=O)C(C(=O)OC)=C1C(=O)OC. The first-order valence-corrected chi connectivity index (χ1v) is 4.88. The van der Waals surface area contributed by atoms with E-state index in [4.69, 9.17) is 0 Å². The summed E-state index contributed by atoms with van der Waals surface area (Å²) in [6.07, 6.45) is 0. The monoisotopic (exact) mass is 270 g/mol. The van der Waals surface area contributed by atoms with Gasteiger partial charge in [0.05, 0.1) is 26.9 Å². The van der Waals surface area contributed by atoms with E-state index in [1.54, 1.807) is 0 Å². The summed E-state index contributed by atoms with van der Waals surface area (Å²) < 4.78 is 13.0. The van der Waals surface area contributed by atoms with Crippen molar-refractivity contribution in [3.63, 3.8) is 0 Å². The molecular formula is C11H10O8. The number of methoxy groups -OCH3 is 3. The van der Waals surface area contributed by atoms with Gasteiger partial charge < -0.3 is 19.3 Å². The standard InChI is InChI=1S/C11H10O8/c1-17-9(14)4-5(10(15)18-2)7(12)8(13)6(4)11(16)19-3/h1-3H3,(H,12,13). The average Bonchev–Trinajstić information content (AvgIpc) is 2.69. The number of aliphatic hydroxyl groups excluding tert-OH is 1. The van der Waals surface area contributed by atoms with Crippen LogP contribution in [-0.2, 0) is 33.4 Å². The van der Waals surface area contributed by atoms with Crippen molar-refractivity contribution in [1.82, 2.24) is 0 Å². The molecule has 0 heterocycles.